The van der Waals surface area contributed by atoms with Crippen LogP contribution < -0.4 is 10.3 Å². The fourth-order valence-electron chi connectivity index (χ4n) is 2.71. The van der Waals surface area contributed by atoms with Crippen LogP contribution in [0.15, 0.2) is 41.6 Å². The summed E-state index contributed by atoms with van der Waals surface area (Å²) in [5, 5.41) is 19.8. The van der Waals surface area contributed by atoms with E-state index in [2.05, 4.69) is 11.1 Å². The third kappa shape index (κ3) is 2.16. The molecule has 6 heteroatoms. The van der Waals surface area contributed by atoms with Gasteiger partial charge in [0.05, 0.1) is 24.0 Å². The van der Waals surface area contributed by atoms with Gasteiger partial charge >= 0.3 is 0 Å². The van der Waals surface area contributed by atoms with Crippen LogP contribution in [0.5, 0.6) is 5.75 Å². The first-order valence-electron chi connectivity index (χ1n) is 6.87. The topological polar surface area (TPSA) is 88.1 Å². The Balaban J connectivity index is 2.26. The zero-order valence-corrected chi connectivity index (χ0v) is 12.2. The second-order valence-electron chi connectivity index (χ2n) is 5.79. The molecule has 112 valence electrons. The molecule has 0 saturated carbocycles. The molecule has 2 heterocycles. The van der Waals surface area contributed by atoms with Crippen molar-refractivity contribution in [2.24, 2.45) is 0 Å². The van der Waals surface area contributed by atoms with E-state index in [-0.39, 0.29) is 5.56 Å². The van der Waals surface area contributed by atoms with Crippen LogP contribution in [0.4, 0.5) is 0 Å². The highest BCUT2D eigenvalue weighted by Crippen LogP contribution is 2.41. The Labute approximate surface area is 127 Å². The minimum absolute atomic E-state index is 0.273. The number of nitrogens with zero attached hydrogens (tertiary/aromatic N) is 3. The second kappa shape index (κ2) is 4.97. The first-order chi connectivity index (χ1) is 10.4. The zero-order chi connectivity index (χ0) is 15.9. The van der Waals surface area contributed by atoms with E-state index in [1.807, 2.05) is 0 Å². The summed E-state index contributed by atoms with van der Waals surface area (Å²) in [6, 6.07) is 7.71. The van der Waals surface area contributed by atoms with Crippen molar-refractivity contribution in [1.82, 2.24) is 9.55 Å². The normalized spacial score (nSPS) is 22.3. The Kier molecular flexibility index (Phi) is 3.23. The Bertz CT molecular complexity index is 820. The molecule has 1 N–H and O–H groups in total. The quantitative estimate of drug-likeness (QED) is 0.855. The molecule has 0 fully saturated rings. The van der Waals surface area contributed by atoms with E-state index < -0.39 is 17.7 Å². The molecule has 1 aliphatic rings. The van der Waals surface area contributed by atoms with Gasteiger partial charge in [0.2, 0.25) is 0 Å². The molecule has 1 aromatic carbocycles. The van der Waals surface area contributed by atoms with Crippen LogP contribution >= 0.6 is 0 Å². The molecule has 2 aromatic rings. The van der Waals surface area contributed by atoms with E-state index >= 15 is 0 Å². The van der Waals surface area contributed by atoms with Crippen LogP contribution in [0.25, 0.3) is 0 Å². The van der Waals surface area contributed by atoms with Gasteiger partial charge in [-0.1, -0.05) is 0 Å². The summed E-state index contributed by atoms with van der Waals surface area (Å²) in [7, 11) is 0. The third-order valence-electron chi connectivity index (χ3n) is 3.89. The molecule has 6 nitrogen and oxygen atoms in total. The average Bonchev–Trinajstić information content (AvgIpc) is 2.49. The lowest BCUT2D eigenvalue weighted by Crippen LogP contribution is -2.52. The first-order valence-corrected chi connectivity index (χ1v) is 6.87. The summed E-state index contributed by atoms with van der Waals surface area (Å²) in [4.78, 5) is 16.1. The molecule has 3 rings (SSSR count). The minimum atomic E-state index is -0.962. The number of hydrogen-bond acceptors (Lipinski definition) is 5. The van der Waals surface area contributed by atoms with Gasteiger partial charge in [-0.25, -0.2) is 4.98 Å². The van der Waals surface area contributed by atoms with Gasteiger partial charge in [-0.2, -0.15) is 5.26 Å². The van der Waals surface area contributed by atoms with Gasteiger partial charge in [0, 0.05) is 17.8 Å². The van der Waals surface area contributed by atoms with Crippen LogP contribution in [0, 0.1) is 11.3 Å². The number of aliphatic hydroxyl groups is 1. The number of aliphatic hydroxyl groups excluding tert-OH is 1. The molecule has 0 aliphatic carbocycles. The van der Waals surface area contributed by atoms with Gasteiger partial charge in [-0.05, 0) is 32.0 Å². The number of ether oxygens (including phenoxy) is 1. The predicted octanol–water partition coefficient (Wildman–Crippen LogP) is 1.24. The second-order valence-corrected chi connectivity index (χ2v) is 5.79. The Morgan fingerprint density at radius 3 is 2.86 bits per heavy atom. The first kappa shape index (κ1) is 14.3. The SMILES string of the molecule is CC1(C)Oc2ccc(C#N)cc2[C@@H](n2cnccc2=O)[C@@H]1O. The smallest absolute Gasteiger partial charge is 0.253 e. The predicted molar refractivity (Wildman–Crippen MR) is 78.5 cm³/mol. The Hall–Kier alpha value is -2.65. The minimum Gasteiger partial charge on any atom is -0.485 e. The van der Waals surface area contributed by atoms with Crippen LogP contribution in [0.2, 0.25) is 0 Å². The van der Waals surface area contributed by atoms with Crippen molar-refractivity contribution < 1.29 is 9.84 Å². The number of aromatic nitrogens is 2. The van der Waals surface area contributed by atoms with Crippen molar-refractivity contribution in [3.05, 3.63) is 58.3 Å². The molecule has 1 aliphatic heterocycles. The highest BCUT2D eigenvalue weighted by atomic mass is 16.5. The molecule has 0 bridgehead atoms. The molecule has 0 amide bonds. The van der Waals surface area contributed by atoms with Gasteiger partial charge in [-0.3, -0.25) is 9.36 Å². The van der Waals surface area contributed by atoms with E-state index in [0.717, 1.165) is 0 Å². The van der Waals surface area contributed by atoms with E-state index in [0.29, 0.717) is 16.9 Å². The maximum absolute atomic E-state index is 12.1. The highest BCUT2D eigenvalue weighted by Gasteiger charge is 2.44. The van der Waals surface area contributed by atoms with Crippen molar-refractivity contribution >= 4 is 0 Å². The van der Waals surface area contributed by atoms with Crippen LogP contribution in [0.1, 0.15) is 31.0 Å². The highest BCUT2D eigenvalue weighted by molar-refractivity contribution is 5.46. The van der Waals surface area contributed by atoms with E-state index in [9.17, 15) is 9.90 Å². The largest absolute Gasteiger partial charge is 0.485 e. The molecule has 2 atom stereocenters. The van der Waals surface area contributed by atoms with Crippen molar-refractivity contribution in [1.29, 1.82) is 5.26 Å². The molecule has 0 unspecified atom stereocenters. The summed E-state index contributed by atoms with van der Waals surface area (Å²) in [5.41, 5.74) is -0.108. The van der Waals surface area contributed by atoms with Crippen LogP contribution in [-0.2, 0) is 0 Å². The van der Waals surface area contributed by atoms with Crippen molar-refractivity contribution in [3.63, 3.8) is 0 Å². The lowest BCUT2D eigenvalue weighted by molar-refractivity contribution is -0.0644. The maximum Gasteiger partial charge on any atom is 0.253 e. The van der Waals surface area contributed by atoms with Crippen LogP contribution in [-0.4, -0.2) is 26.4 Å². The summed E-state index contributed by atoms with van der Waals surface area (Å²) in [6.45, 7) is 3.51. The number of nitriles is 1. The summed E-state index contributed by atoms with van der Waals surface area (Å²) >= 11 is 0. The van der Waals surface area contributed by atoms with Crippen molar-refractivity contribution in [2.45, 2.75) is 31.6 Å². The number of hydrogen-bond donors (Lipinski definition) is 1. The van der Waals surface area contributed by atoms with E-state index in [1.165, 1.54) is 23.2 Å². The monoisotopic (exact) mass is 297 g/mol. The number of rotatable bonds is 1. The van der Waals surface area contributed by atoms with Gasteiger partial charge in [0.25, 0.3) is 5.56 Å². The molecular formula is C16H15N3O3. The third-order valence-corrected chi connectivity index (χ3v) is 3.89. The van der Waals surface area contributed by atoms with Gasteiger partial charge in [0.15, 0.2) is 0 Å². The average molecular weight is 297 g/mol. The maximum atomic E-state index is 12.1. The Morgan fingerprint density at radius 2 is 2.18 bits per heavy atom. The fourth-order valence-corrected chi connectivity index (χ4v) is 2.71. The van der Waals surface area contributed by atoms with E-state index in [1.54, 1.807) is 32.0 Å². The van der Waals surface area contributed by atoms with Crippen LogP contribution in [0.3, 0.4) is 0 Å². The summed E-state index contributed by atoms with van der Waals surface area (Å²) < 4.78 is 7.20. The molecule has 0 spiro atoms. The molecule has 0 saturated heterocycles. The molecular weight excluding hydrogens is 282 g/mol. The summed E-state index contributed by atoms with van der Waals surface area (Å²) in [5.74, 6) is 0.551. The standard InChI is InChI=1S/C16H15N3O3/c1-16(2)15(21)14(19-9-18-6-5-13(19)20)11-7-10(8-17)3-4-12(11)22-16/h3-7,9,14-15,21H,1-2H3/t14-,15+/m1/s1. The lowest BCUT2D eigenvalue weighted by atomic mass is 9.85. The molecule has 22 heavy (non-hydrogen) atoms. The zero-order valence-electron chi connectivity index (χ0n) is 12.2. The van der Waals surface area contributed by atoms with E-state index in [4.69, 9.17) is 10.00 Å². The molecule has 1 aromatic heterocycles. The lowest BCUT2D eigenvalue weighted by Gasteiger charge is -2.42. The summed E-state index contributed by atoms with van der Waals surface area (Å²) in [6.07, 6.45) is 1.83. The fraction of sp³-hybridized carbons (Fsp3) is 0.312. The molecule has 0 radical (unpaired) electrons. The van der Waals surface area contributed by atoms with Gasteiger partial charge < -0.3 is 9.84 Å². The number of fused-ring (bicyclic) bond motifs is 1. The van der Waals surface area contributed by atoms with Gasteiger partial charge in [0.1, 0.15) is 17.5 Å². The Morgan fingerprint density at radius 1 is 1.41 bits per heavy atom. The van der Waals surface area contributed by atoms with Crippen molar-refractivity contribution in [3.8, 4) is 11.8 Å². The van der Waals surface area contributed by atoms with Crippen molar-refractivity contribution in [2.75, 3.05) is 0 Å². The number of benzene rings is 1. The van der Waals surface area contributed by atoms with Gasteiger partial charge in [-0.15, -0.1) is 0 Å².